The van der Waals surface area contributed by atoms with E-state index in [0.29, 0.717) is 5.82 Å². The summed E-state index contributed by atoms with van der Waals surface area (Å²) >= 11 is 1.44. The summed E-state index contributed by atoms with van der Waals surface area (Å²) < 4.78 is 1.88. The molecule has 180 valence electrons. The Kier molecular flexibility index (Phi) is 6.82. The van der Waals surface area contributed by atoms with Gasteiger partial charge in [0.15, 0.2) is 11.5 Å². The van der Waals surface area contributed by atoms with E-state index < -0.39 is 0 Å². The Labute approximate surface area is 214 Å². The molecule has 0 saturated carbocycles. The normalized spacial score (nSPS) is 12.0. The van der Waals surface area contributed by atoms with Crippen molar-refractivity contribution in [2.24, 2.45) is 0 Å². The molecular formula is C29H27N5OS. The summed E-state index contributed by atoms with van der Waals surface area (Å²) in [7, 11) is 0. The van der Waals surface area contributed by atoms with Crippen LogP contribution in [0.15, 0.2) is 90.0 Å². The van der Waals surface area contributed by atoms with E-state index in [-0.39, 0.29) is 11.2 Å². The van der Waals surface area contributed by atoms with Gasteiger partial charge in [-0.2, -0.15) is 5.10 Å². The van der Waals surface area contributed by atoms with E-state index in [1.807, 2.05) is 103 Å². The van der Waals surface area contributed by atoms with E-state index >= 15 is 0 Å². The molecule has 0 saturated heterocycles. The molecular weight excluding hydrogens is 466 g/mol. The summed E-state index contributed by atoms with van der Waals surface area (Å²) in [6, 6.07) is 27.7. The minimum absolute atomic E-state index is 0.0767. The molecule has 5 aromatic rings. The number of benzene rings is 3. The molecule has 0 aliphatic rings. The molecule has 1 atom stereocenters. The van der Waals surface area contributed by atoms with E-state index in [1.54, 1.807) is 0 Å². The predicted octanol–water partition coefficient (Wildman–Crippen LogP) is 6.47. The average molecular weight is 494 g/mol. The van der Waals surface area contributed by atoms with Crippen LogP contribution in [0.5, 0.6) is 0 Å². The van der Waals surface area contributed by atoms with Gasteiger partial charge in [-0.25, -0.2) is 14.6 Å². The second kappa shape index (κ2) is 10.3. The Morgan fingerprint density at radius 1 is 0.972 bits per heavy atom. The summed E-state index contributed by atoms with van der Waals surface area (Å²) in [5, 5.41) is 9.20. The van der Waals surface area contributed by atoms with Crippen LogP contribution in [-0.4, -0.2) is 30.9 Å². The zero-order valence-corrected chi connectivity index (χ0v) is 21.3. The maximum atomic E-state index is 13.1. The highest BCUT2D eigenvalue weighted by molar-refractivity contribution is 8.00. The molecule has 0 aliphatic carbocycles. The van der Waals surface area contributed by atoms with Gasteiger partial charge >= 0.3 is 0 Å². The zero-order chi connectivity index (χ0) is 25.1. The lowest BCUT2D eigenvalue weighted by Gasteiger charge is -2.14. The smallest absolute Gasteiger partial charge is 0.237 e. The van der Waals surface area contributed by atoms with Crippen LogP contribution in [0.3, 0.4) is 0 Å². The number of hydrogen-bond acceptors (Lipinski definition) is 5. The van der Waals surface area contributed by atoms with E-state index in [1.165, 1.54) is 11.8 Å². The number of amides is 1. The molecule has 1 N–H and O–H groups in total. The number of nitrogens with one attached hydrogen (secondary N) is 1. The van der Waals surface area contributed by atoms with E-state index in [4.69, 9.17) is 15.1 Å². The number of thioether (sulfide) groups is 1. The highest BCUT2D eigenvalue weighted by atomic mass is 32.2. The van der Waals surface area contributed by atoms with Gasteiger partial charge in [-0.1, -0.05) is 79.3 Å². The Bertz CT molecular complexity index is 1520. The van der Waals surface area contributed by atoms with Gasteiger partial charge in [-0.15, -0.1) is 0 Å². The second-order valence-electron chi connectivity index (χ2n) is 8.58. The molecule has 0 fully saturated rings. The minimum Gasteiger partial charge on any atom is -0.325 e. The maximum Gasteiger partial charge on any atom is 0.237 e. The van der Waals surface area contributed by atoms with E-state index in [2.05, 4.69) is 12.2 Å². The number of hydrogen-bond donors (Lipinski definition) is 1. The maximum absolute atomic E-state index is 13.1. The molecule has 1 amide bonds. The number of aryl methyl sites for hydroxylation is 2. The number of aromatic nitrogens is 4. The van der Waals surface area contributed by atoms with Crippen molar-refractivity contribution in [1.82, 2.24) is 19.7 Å². The SMILES string of the molecule is CCc1nn(-c2ccccc2)c2nc(-c3ccccc3)nc(S[C@@H](C)C(=O)Nc3cccc(C)c3)c12. The number of nitrogens with zero attached hydrogens (tertiary/aromatic N) is 4. The van der Waals surface area contributed by atoms with Crippen molar-refractivity contribution in [3.05, 3.63) is 96.2 Å². The highest BCUT2D eigenvalue weighted by Gasteiger charge is 2.23. The van der Waals surface area contributed by atoms with Crippen LogP contribution >= 0.6 is 11.8 Å². The fraction of sp³-hybridized carbons (Fsp3) is 0.172. The van der Waals surface area contributed by atoms with Gasteiger partial charge in [0.2, 0.25) is 5.91 Å². The third-order valence-electron chi connectivity index (χ3n) is 5.88. The summed E-state index contributed by atoms with van der Waals surface area (Å²) in [6.45, 7) is 5.98. The largest absolute Gasteiger partial charge is 0.325 e. The molecule has 0 spiro atoms. The zero-order valence-electron chi connectivity index (χ0n) is 20.5. The van der Waals surface area contributed by atoms with Gasteiger partial charge < -0.3 is 5.32 Å². The number of carbonyl (C=O) groups is 1. The van der Waals surface area contributed by atoms with Crippen molar-refractivity contribution in [2.45, 2.75) is 37.5 Å². The van der Waals surface area contributed by atoms with Crippen LogP contribution in [0.25, 0.3) is 28.1 Å². The Hall–Kier alpha value is -3.97. The lowest BCUT2D eigenvalue weighted by atomic mass is 10.2. The lowest BCUT2D eigenvalue weighted by Crippen LogP contribution is -2.22. The summed E-state index contributed by atoms with van der Waals surface area (Å²) in [5.74, 6) is 0.531. The Morgan fingerprint density at radius 3 is 2.39 bits per heavy atom. The van der Waals surface area contributed by atoms with Crippen LogP contribution in [-0.2, 0) is 11.2 Å². The molecule has 6 nitrogen and oxygen atoms in total. The van der Waals surface area contributed by atoms with Crippen molar-refractivity contribution in [3.8, 4) is 17.1 Å². The molecule has 0 bridgehead atoms. The number of rotatable bonds is 7. The van der Waals surface area contributed by atoms with Crippen LogP contribution in [0, 0.1) is 6.92 Å². The number of carbonyl (C=O) groups excluding carboxylic acids is 1. The van der Waals surface area contributed by atoms with Crippen molar-refractivity contribution >= 4 is 34.4 Å². The van der Waals surface area contributed by atoms with Gasteiger partial charge in [0.05, 0.1) is 22.0 Å². The van der Waals surface area contributed by atoms with Crippen LogP contribution in [0.1, 0.15) is 25.1 Å². The van der Waals surface area contributed by atoms with Gasteiger partial charge in [0.1, 0.15) is 5.03 Å². The standard InChI is InChI=1S/C29H27N5OS/c1-4-24-25-27(34(33-24)23-16-9-6-10-17-23)31-26(21-13-7-5-8-14-21)32-29(25)36-20(3)28(35)30-22-15-11-12-19(2)18-22/h5-18,20H,4H2,1-3H3,(H,30,35)/t20-/m0/s1. The fourth-order valence-corrected chi connectivity index (χ4v) is 5.01. The van der Waals surface area contributed by atoms with Gasteiger partial charge in [-0.3, -0.25) is 4.79 Å². The molecule has 7 heteroatoms. The summed E-state index contributed by atoms with van der Waals surface area (Å²) in [6.07, 6.45) is 0.724. The molecule has 2 heterocycles. The van der Waals surface area contributed by atoms with Crippen LogP contribution in [0.4, 0.5) is 5.69 Å². The van der Waals surface area contributed by atoms with Gasteiger partial charge in [-0.05, 0) is 50.1 Å². The average Bonchev–Trinajstić information content (AvgIpc) is 3.29. The first-order chi connectivity index (χ1) is 17.5. The van der Waals surface area contributed by atoms with Crippen molar-refractivity contribution in [3.63, 3.8) is 0 Å². The number of para-hydroxylation sites is 1. The quantitative estimate of drug-likeness (QED) is 0.208. The van der Waals surface area contributed by atoms with E-state index in [9.17, 15) is 4.79 Å². The van der Waals surface area contributed by atoms with Crippen molar-refractivity contribution in [2.75, 3.05) is 5.32 Å². The molecule has 0 radical (unpaired) electrons. The molecule has 0 aliphatic heterocycles. The molecule has 5 rings (SSSR count). The lowest BCUT2D eigenvalue weighted by molar-refractivity contribution is -0.115. The van der Waals surface area contributed by atoms with Crippen molar-refractivity contribution < 1.29 is 4.79 Å². The summed E-state index contributed by atoms with van der Waals surface area (Å²) in [5.41, 5.74) is 5.37. The first kappa shape index (κ1) is 23.8. The predicted molar refractivity (Wildman–Crippen MR) is 147 cm³/mol. The highest BCUT2D eigenvalue weighted by Crippen LogP contribution is 2.34. The van der Waals surface area contributed by atoms with Gasteiger partial charge in [0.25, 0.3) is 0 Å². The van der Waals surface area contributed by atoms with Crippen LogP contribution in [0.2, 0.25) is 0 Å². The minimum atomic E-state index is -0.378. The molecule has 36 heavy (non-hydrogen) atoms. The fourth-order valence-electron chi connectivity index (χ4n) is 4.04. The third kappa shape index (κ3) is 4.88. The third-order valence-corrected chi connectivity index (χ3v) is 6.96. The molecule has 2 aromatic heterocycles. The van der Waals surface area contributed by atoms with Crippen molar-refractivity contribution in [1.29, 1.82) is 0 Å². The summed E-state index contributed by atoms with van der Waals surface area (Å²) in [4.78, 5) is 23.0. The van der Waals surface area contributed by atoms with E-state index in [0.717, 1.165) is 50.7 Å². The Balaban J connectivity index is 1.59. The number of fused-ring (bicyclic) bond motifs is 1. The molecule has 3 aromatic carbocycles. The van der Waals surface area contributed by atoms with Crippen LogP contribution < -0.4 is 5.32 Å². The monoisotopic (exact) mass is 493 g/mol. The Morgan fingerprint density at radius 2 is 1.69 bits per heavy atom. The second-order valence-corrected chi connectivity index (χ2v) is 9.91. The van der Waals surface area contributed by atoms with Gasteiger partial charge in [0, 0.05) is 11.3 Å². The first-order valence-corrected chi connectivity index (χ1v) is 12.9. The number of anilines is 1. The first-order valence-electron chi connectivity index (χ1n) is 12.0. The topological polar surface area (TPSA) is 72.7 Å². The molecule has 0 unspecified atom stereocenters.